The number of aliphatic hydroxyl groups is 1. The van der Waals surface area contributed by atoms with Crippen LogP contribution in [0.5, 0.6) is 11.5 Å². The Bertz CT molecular complexity index is 899. The molecule has 3 aromatic rings. The molecule has 0 aliphatic carbocycles. The predicted molar refractivity (Wildman–Crippen MR) is 97.6 cm³/mol. The number of rotatable bonds is 6. The molecular weight excluding hydrogens is 334 g/mol. The van der Waals surface area contributed by atoms with E-state index in [2.05, 4.69) is 5.32 Å². The Balaban J connectivity index is 1.87. The predicted octanol–water partition coefficient (Wildman–Crippen LogP) is 3.71. The number of benzene rings is 2. The molecule has 0 aliphatic rings. The summed E-state index contributed by atoms with van der Waals surface area (Å²) in [5, 5.41) is 12.0. The Morgan fingerprint density at radius 1 is 1.04 bits per heavy atom. The van der Waals surface area contributed by atoms with Crippen LogP contribution in [0, 0.1) is 0 Å². The van der Waals surface area contributed by atoms with Gasteiger partial charge >= 0.3 is 0 Å². The summed E-state index contributed by atoms with van der Waals surface area (Å²) < 4.78 is 16.0. The molecule has 0 saturated heterocycles. The molecule has 2 aromatic carbocycles. The highest BCUT2D eigenvalue weighted by Crippen LogP contribution is 2.32. The summed E-state index contributed by atoms with van der Waals surface area (Å²) in [6.45, 7) is -0.169. The van der Waals surface area contributed by atoms with Gasteiger partial charge < -0.3 is 24.3 Å². The molecule has 26 heavy (non-hydrogen) atoms. The summed E-state index contributed by atoms with van der Waals surface area (Å²) in [6, 6.07) is 15.6. The van der Waals surface area contributed by atoms with Crippen molar-refractivity contribution in [2.24, 2.45) is 0 Å². The van der Waals surface area contributed by atoms with E-state index in [0.29, 0.717) is 34.3 Å². The molecule has 0 saturated carbocycles. The van der Waals surface area contributed by atoms with Gasteiger partial charge in [0.2, 0.25) is 0 Å². The van der Waals surface area contributed by atoms with E-state index in [4.69, 9.17) is 19.0 Å². The maximum Gasteiger partial charge on any atom is 0.255 e. The number of furan rings is 1. The number of nitrogens with one attached hydrogen (secondary N) is 1. The van der Waals surface area contributed by atoms with Gasteiger partial charge in [-0.15, -0.1) is 0 Å². The molecule has 6 nitrogen and oxygen atoms in total. The summed E-state index contributed by atoms with van der Waals surface area (Å²) in [5.74, 6) is 2.01. The first-order chi connectivity index (χ1) is 12.6. The van der Waals surface area contributed by atoms with Crippen molar-refractivity contribution in [1.82, 2.24) is 0 Å². The van der Waals surface area contributed by atoms with Gasteiger partial charge in [0, 0.05) is 11.1 Å². The number of hydrogen-bond donors (Lipinski definition) is 2. The zero-order valence-corrected chi connectivity index (χ0v) is 14.5. The molecule has 3 rings (SSSR count). The molecule has 0 radical (unpaired) electrons. The normalized spacial score (nSPS) is 10.4. The van der Waals surface area contributed by atoms with Crippen molar-refractivity contribution in [3.8, 4) is 22.8 Å². The lowest BCUT2D eigenvalue weighted by atomic mass is 10.1. The first-order valence-electron chi connectivity index (χ1n) is 7.98. The van der Waals surface area contributed by atoms with Crippen LogP contribution in [0.4, 0.5) is 5.69 Å². The monoisotopic (exact) mass is 353 g/mol. The van der Waals surface area contributed by atoms with Gasteiger partial charge in [-0.05, 0) is 54.6 Å². The highest BCUT2D eigenvalue weighted by Gasteiger charge is 2.13. The lowest BCUT2D eigenvalue weighted by Gasteiger charge is -2.12. The highest BCUT2D eigenvalue weighted by atomic mass is 16.5. The lowest BCUT2D eigenvalue weighted by molar-refractivity contribution is 0.102. The van der Waals surface area contributed by atoms with Crippen molar-refractivity contribution in [2.75, 3.05) is 19.5 Å². The smallest absolute Gasteiger partial charge is 0.255 e. The maximum absolute atomic E-state index is 12.5. The first kappa shape index (κ1) is 17.6. The van der Waals surface area contributed by atoms with E-state index in [1.807, 2.05) is 6.07 Å². The van der Waals surface area contributed by atoms with Crippen molar-refractivity contribution in [3.05, 3.63) is 65.9 Å². The summed E-state index contributed by atoms with van der Waals surface area (Å²) in [7, 11) is 3.11. The van der Waals surface area contributed by atoms with Crippen molar-refractivity contribution in [2.45, 2.75) is 6.61 Å². The molecule has 0 spiro atoms. The standard InChI is InChI=1S/C20H19NO5/c1-24-15-6-3-13(4-7-15)20(23)21-17-11-14(5-9-19(17)25-2)18-10-8-16(12-22)26-18/h3-11,22H,12H2,1-2H3,(H,21,23). The highest BCUT2D eigenvalue weighted by molar-refractivity contribution is 6.05. The third-order valence-electron chi connectivity index (χ3n) is 3.90. The second-order valence-corrected chi connectivity index (χ2v) is 5.52. The van der Waals surface area contributed by atoms with Crippen LogP contribution in [-0.2, 0) is 6.61 Å². The van der Waals surface area contributed by atoms with Crippen LogP contribution in [0.1, 0.15) is 16.1 Å². The topological polar surface area (TPSA) is 80.9 Å². The Morgan fingerprint density at radius 2 is 1.81 bits per heavy atom. The third-order valence-corrected chi connectivity index (χ3v) is 3.90. The van der Waals surface area contributed by atoms with Crippen molar-refractivity contribution in [1.29, 1.82) is 0 Å². The molecule has 134 valence electrons. The minimum absolute atomic E-state index is 0.169. The zero-order valence-electron chi connectivity index (χ0n) is 14.5. The molecule has 2 N–H and O–H groups in total. The lowest BCUT2D eigenvalue weighted by Crippen LogP contribution is -2.12. The van der Waals surface area contributed by atoms with Crippen LogP contribution < -0.4 is 14.8 Å². The molecule has 1 aromatic heterocycles. The van der Waals surface area contributed by atoms with Gasteiger partial charge in [0.25, 0.3) is 5.91 Å². The van der Waals surface area contributed by atoms with Gasteiger partial charge in [-0.3, -0.25) is 4.79 Å². The number of anilines is 1. The Hall–Kier alpha value is -3.25. The third kappa shape index (κ3) is 3.70. The SMILES string of the molecule is COc1ccc(C(=O)Nc2cc(-c3ccc(CO)o3)ccc2OC)cc1. The van der Waals surface area contributed by atoms with Crippen molar-refractivity contribution >= 4 is 11.6 Å². The number of hydrogen-bond acceptors (Lipinski definition) is 5. The van der Waals surface area contributed by atoms with Crippen LogP contribution >= 0.6 is 0 Å². The molecule has 1 heterocycles. The van der Waals surface area contributed by atoms with E-state index in [9.17, 15) is 4.79 Å². The fourth-order valence-corrected chi connectivity index (χ4v) is 2.51. The number of ether oxygens (including phenoxy) is 2. The number of carbonyl (C=O) groups excluding carboxylic acids is 1. The number of carbonyl (C=O) groups is 1. The van der Waals surface area contributed by atoms with E-state index in [0.717, 1.165) is 5.56 Å². The Morgan fingerprint density at radius 3 is 2.42 bits per heavy atom. The fourth-order valence-electron chi connectivity index (χ4n) is 2.51. The summed E-state index contributed by atoms with van der Waals surface area (Å²) in [5.41, 5.74) is 1.78. The van der Waals surface area contributed by atoms with Gasteiger partial charge in [-0.25, -0.2) is 0 Å². The largest absolute Gasteiger partial charge is 0.497 e. The summed E-state index contributed by atoms with van der Waals surface area (Å²) in [4.78, 5) is 12.5. The fraction of sp³-hybridized carbons (Fsp3) is 0.150. The molecule has 6 heteroatoms. The van der Waals surface area contributed by atoms with Gasteiger partial charge in [-0.2, -0.15) is 0 Å². The summed E-state index contributed by atoms with van der Waals surface area (Å²) in [6.07, 6.45) is 0. The average molecular weight is 353 g/mol. The quantitative estimate of drug-likeness (QED) is 0.706. The summed E-state index contributed by atoms with van der Waals surface area (Å²) >= 11 is 0. The molecule has 0 aliphatic heterocycles. The maximum atomic E-state index is 12.5. The first-order valence-corrected chi connectivity index (χ1v) is 7.98. The van der Waals surface area contributed by atoms with Crippen LogP contribution in [0.3, 0.4) is 0 Å². The van der Waals surface area contributed by atoms with Crippen LogP contribution in [0.2, 0.25) is 0 Å². The van der Waals surface area contributed by atoms with Crippen LogP contribution in [0.15, 0.2) is 59.0 Å². The van der Waals surface area contributed by atoms with Gasteiger partial charge in [0.1, 0.15) is 29.6 Å². The van der Waals surface area contributed by atoms with E-state index >= 15 is 0 Å². The molecule has 0 fully saturated rings. The minimum atomic E-state index is -0.265. The molecule has 0 unspecified atom stereocenters. The van der Waals surface area contributed by atoms with Crippen molar-refractivity contribution < 1.29 is 23.8 Å². The molecular formula is C20H19NO5. The number of amides is 1. The second-order valence-electron chi connectivity index (χ2n) is 5.52. The van der Waals surface area contributed by atoms with Gasteiger partial charge in [-0.1, -0.05) is 0 Å². The van der Waals surface area contributed by atoms with E-state index in [1.54, 1.807) is 55.6 Å². The van der Waals surface area contributed by atoms with Crippen molar-refractivity contribution in [3.63, 3.8) is 0 Å². The average Bonchev–Trinajstić information content (AvgIpc) is 3.17. The minimum Gasteiger partial charge on any atom is -0.497 e. The molecule has 1 amide bonds. The van der Waals surface area contributed by atoms with E-state index < -0.39 is 0 Å². The molecule has 0 bridgehead atoms. The van der Waals surface area contributed by atoms with Crippen LogP contribution in [0.25, 0.3) is 11.3 Å². The zero-order chi connectivity index (χ0) is 18.5. The van der Waals surface area contributed by atoms with E-state index in [-0.39, 0.29) is 12.5 Å². The Labute approximate surface area is 151 Å². The van der Waals surface area contributed by atoms with E-state index in [1.165, 1.54) is 7.11 Å². The second kappa shape index (κ2) is 7.76. The number of aliphatic hydroxyl groups excluding tert-OH is 1. The Kier molecular flexibility index (Phi) is 5.24. The van der Waals surface area contributed by atoms with Gasteiger partial charge in [0.05, 0.1) is 19.9 Å². The molecule has 0 atom stereocenters. The van der Waals surface area contributed by atoms with Crippen LogP contribution in [-0.4, -0.2) is 25.2 Å². The van der Waals surface area contributed by atoms with Gasteiger partial charge in [0.15, 0.2) is 0 Å². The number of methoxy groups -OCH3 is 2.